The van der Waals surface area contributed by atoms with E-state index in [4.69, 9.17) is 17.0 Å². The standard InChI is InChI=1S/C17H19NO2S2/c1-4-12(2)18-16(19)15(22-17(18)21)11-7-9-13-8-5-6-10-14(13)20-3/h5-12H,4H2,1-3H3/b9-7+,15-11-/t12-/m1/s1. The largest absolute Gasteiger partial charge is 0.496 e. The van der Waals surface area contributed by atoms with Crippen LogP contribution in [0.25, 0.3) is 6.08 Å². The summed E-state index contributed by atoms with van der Waals surface area (Å²) in [4.78, 5) is 14.7. The maximum atomic E-state index is 12.4. The fraction of sp³-hybridized carbons (Fsp3) is 0.294. The van der Waals surface area contributed by atoms with E-state index in [1.54, 1.807) is 12.0 Å². The summed E-state index contributed by atoms with van der Waals surface area (Å²) < 4.78 is 5.93. The second-order valence-corrected chi connectivity index (χ2v) is 6.61. The average Bonchev–Trinajstić information content (AvgIpc) is 2.81. The molecule has 1 fully saturated rings. The Balaban J connectivity index is 2.16. The number of rotatable bonds is 5. The Hall–Kier alpha value is -1.59. The lowest BCUT2D eigenvalue weighted by Gasteiger charge is -2.21. The zero-order chi connectivity index (χ0) is 16.1. The maximum Gasteiger partial charge on any atom is 0.266 e. The summed E-state index contributed by atoms with van der Waals surface area (Å²) in [6, 6.07) is 7.88. The number of methoxy groups -OCH3 is 1. The monoisotopic (exact) mass is 333 g/mol. The van der Waals surface area contributed by atoms with Gasteiger partial charge >= 0.3 is 0 Å². The van der Waals surface area contributed by atoms with Crippen LogP contribution in [0.3, 0.4) is 0 Å². The molecule has 1 aliphatic heterocycles. The van der Waals surface area contributed by atoms with Gasteiger partial charge in [-0.15, -0.1) is 0 Å². The highest BCUT2D eigenvalue weighted by Gasteiger charge is 2.34. The van der Waals surface area contributed by atoms with Gasteiger partial charge in [-0.1, -0.05) is 61.3 Å². The van der Waals surface area contributed by atoms with Gasteiger partial charge in [0.1, 0.15) is 10.1 Å². The van der Waals surface area contributed by atoms with Crippen molar-refractivity contribution < 1.29 is 9.53 Å². The first kappa shape index (κ1) is 16.8. The van der Waals surface area contributed by atoms with Gasteiger partial charge in [0, 0.05) is 11.6 Å². The summed E-state index contributed by atoms with van der Waals surface area (Å²) in [5, 5.41) is 0. The van der Waals surface area contributed by atoms with Crippen LogP contribution in [0.5, 0.6) is 5.75 Å². The lowest BCUT2D eigenvalue weighted by atomic mass is 10.2. The Bertz CT molecular complexity index is 637. The Morgan fingerprint density at radius 1 is 1.41 bits per heavy atom. The number of nitrogens with zero attached hydrogens (tertiary/aromatic N) is 1. The summed E-state index contributed by atoms with van der Waals surface area (Å²) in [6.07, 6.45) is 6.49. The summed E-state index contributed by atoms with van der Waals surface area (Å²) in [5.41, 5.74) is 0.971. The first-order valence-corrected chi connectivity index (χ1v) is 8.37. The van der Waals surface area contributed by atoms with Crippen molar-refractivity contribution in [2.45, 2.75) is 26.3 Å². The van der Waals surface area contributed by atoms with Crippen molar-refractivity contribution in [3.05, 3.63) is 46.9 Å². The fourth-order valence-corrected chi connectivity index (χ4v) is 3.51. The van der Waals surface area contributed by atoms with Crippen molar-refractivity contribution in [2.75, 3.05) is 7.11 Å². The molecule has 22 heavy (non-hydrogen) atoms. The van der Waals surface area contributed by atoms with Gasteiger partial charge in [0.05, 0.1) is 12.0 Å². The van der Waals surface area contributed by atoms with E-state index in [0.29, 0.717) is 9.23 Å². The van der Waals surface area contributed by atoms with E-state index in [-0.39, 0.29) is 11.9 Å². The summed E-state index contributed by atoms with van der Waals surface area (Å²) >= 11 is 6.66. The molecule has 0 bridgehead atoms. The molecule has 0 aromatic heterocycles. The third kappa shape index (κ3) is 3.59. The normalized spacial score (nSPS) is 18.5. The molecule has 3 nitrogen and oxygen atoms in total. The molecule has 5 heteroatoms. The van der Waals surface area contributed by atoms with Gasteiger partial charge < -0.3 is 4.74 Å². The van der Waals surface area contributed by atoms with Gasteiger partial charge in [-0.2, -0.15) is 0 Å². The zero-order valence-corrected chi connectivity index (χ0v) is 14.5. The second kappa shape index (κ2) is 7.61. The Kier molecular flexibility index (Phi) is 5.80. The first-order chi connectivity index (χ1) is 10.6. The van der Waals surface area contributed by atoms with Gasteiger partial charge in [-0.3, -0.25) is 9.69 Å². The van der Waals surface area contributed by atoms with Crippen molar-refractivity contribution in [2.24, 2.45) is 0 Å². The molecule has 0 radical (unpaired) electrons. The van der Waals surface area contributed by atoms with Crippen molar-refractivity contribution >= 4 is 40.3 Å². The van der Waals surface area contributed by atoms with Crippen LogP contribution in [-0.4, -0.2) is 28.3 Å². The quantitative estimate of drug-likeness (QED) is 0.595. The lowest BCUT2D eigenvalue weighted by molar-refractivity contribution is -0.123. The number of carbonyl (C=O) groups is 1. The van der Waals surface area contributed by atoms with E-state index in [2.05, 4.69) is 6.92 Å². The van der Waals surface area contributed by atoms with Crippen LogP contribution in [0, 0.1) is 0 Å². The SMILES string of the molecule is CC[C@@H](C)N1C(=O)/C(=C/C=C/c2ccccc2OC)SC1=S. The first-order valence-electron chi connectivity index (χ1n) is 7.15. The molecule has 1 heterocycles. The molecule has 2 rings (SSSR count). The number of para-hydroxylation sites is 1. The van der Waals surface area contributed by atoms with Crippen LogP contribution in [0.2, 0.25) is 0 Å². The van der Waals surface area contributed by atoms with Crippen LogP contribution in [0.1, 0.15) is 25.8 Å². The second-order valence-electron chi connectivity index (χ2n) is 4.93. The predicted molar refractivity (Wildman–Crippen MR) is 96.9 cm³/mol. The number of benzene rings is 1. The number of hydrogen-bond acceptors (Lipinski definition) is 4. The molecule has 1 aromatic carbocycles. The van der Waals surface area contributed by atoms with E-state index in [1.165, 1.54) is 11.8 Å². The molecular formula is C17H19NO2S2. The van der Waals surface area contributed by atoms with Crippen LogP contribution in [0.15, 0.2) is 41.3 Å². The minimum atomic E-state index is -0.00553. The number of amides is 1. The molecule has 1 aliphatic rings. The third-order valence-electron chi connectivity index (χ3n) is 3.52. The Morgan fingerprint density at radius 3 is 2.82 bits per heavy atom. The highest BCUT2D eigenvalue weighted by Crippen LogP contribution is 2.33. The van der Waals surface area contributed by atoms with Crippen molar-refractivity contribution in [1.82, 2.24) is 4.90 Å². The van der Waals surface area contributed by atoms with Crippen LogP contribution < -0.4 is 4.74 Å². The van der Waals surface area contributed by atoms with Crippen molar-refractivity contribution in [1.29, 1.82) is 0 Å². The predicted octanol–water partition coefficient (Wildman–Crippen LogP) is 4.25. The average molecular weight is 333 g/mol. The Labute approximate surface area is 141 Å². The van der Waals surface area contributed by atoms with E-state index in [9.17, 15) is 4.79 Å². The molecule has 0 aliphatic carbocycles. The lowest BCUT2D eigenvalue weighted by Crippen LogP contribution is -2.36. The van der Waals surface area contributed by atoms with Gasteiger partial charge in [0.15, 0.2) is 0 Å². The van der Waals surface area contributed by atoms with E-state index in [1.807, 2.05) is 49.4 Å². The molecule has 1 amide bonds. The number of thiocarbonyl (C=S) groups is 1. The van der Waals surface area contributed by atoms with Gasteiger partial charge in [0.25, 0.3) is 5.91 Å². The number of ether oxygens (including phenoxy) is 1. The third-order valence-corrected chi connectivity index (χ3v) is 4.87. The molecule has 0 spiro atoms. The van der Waals surface area contributed by atoms with E-state index < -0.39 is 0 Å². The van der Waals surface area contributed by atoms with Crippen LogP contribution >= 0.6 is 24.0 Å². The minimum Gasteiger partial charge on any atom is -0.496 e. The van der Waals surface area contributed by atoms with Gasteiger partial charge in [-0.25, -0.2) is 0 Å². The molecule has 1 atom stereocenters. The van der Waals surface area contributed by atoms with Crippen molar-refractivity contribution in [3.8, 4) is 5.75 Å². The Morgan fingerprint density at radius 2 is 2.14 bits per heavy atom. The smallest absolute Gasteiger partial charge is 0.266 e. The number of hydrogen-bond donors (Lipinski definition) is 0. The highest BCUT2D eigenvalue weighted by atomic mass is 32.2. The summed E-state index contributed by atoms with van der Waals surface area (Å²) in [5.74, 6) is 0.799. The number of carbonyl (C=O) groups excluding carboxylic acids is 1. The highest BCUT2D eigenvalue weighted by molar-refractivity contribution is 8.26. The maximum absolute atomic E-state index is 12.4. The van der Waals surface area contributed by atoms with Crippen molar-refractivity contribution in [3.63, 3.8) is 0 Å². The topological polar surface area (TPSA) is 29.5 Å². The molecule has 0 N–H and O–H groups in total. The number of thioether (sulfide) groups is 1. The molecular weight excluding hydrogens is 314 g/mol. The molecule has 0 unspecified atom stereocenters. The summed E-state index contributed by atoms with van der Waals surface area (Å²) in [6.45, 7) is 4.06. The van der Waals surface area contributed by atoms with Gasteiger partial charge in [-0.05, 0) is 25.5 Å². The van der Waals surface area contributed by atoms with Crippen LogP contribution in [0.4, 0.5) is 0 Å². The molecule has 1 aromatic rings. The van der Waals surface area contributed by atoms with Crippen LogP contribution in [-0.2, 0) is 4.79 Å². The summed E-state index contributed by atoms with van der Waals surface area (Å²) in [7, 11) is 1.64. The van der Waals surface area contributed by atoms with E-state index in [0.717, 1.165) is 17.7 Å². The molecule has 1 saturated heterocycles. The van der Waals surface area contributed by atoms with E-state index >= 15 is 0 Å². The zero-order valence-electron chi connectivity index (χ0n) is 12.9. The molecule has 0 saturated carbocycles. The minimum absolute atomic E-state index is 0.00553. The van der Waals surface area contributed by atoms with Gasteiger partial charge in [0.2, 0.25) is 0 Å². The fourth-order valence-electron chi connectivity index (χ4n) is 2.10. The number of allylic oxidation sites excluding steroid dienone is 2. The molecule has 116 valence electrons.